The number of carbonyl (C=O) groups excluding carboxylic acids is 1. The molecule has 0 amide bonds. The lowest BCUT2D eigenvalue weighted by atomic mass is 10.1. The first-order valence-electron chi connectivity index (χ1n) is 8.18. The monoisotopic (exact) mass is 345 g/mol. The molecule has 0 atom stereocenters. The molecule has 3 rings (SSSR count). The van der Waals surface area contributed by atoms with E-state index in [0.29, 0.717) is 5.56 Å². The van der Waals surface area contributed by atoms with Crippen molar-refractivity contribution in [2.45, 2.75) is 32.3 Å². The largest absolute Gasteiger partial charge is 0.490 e. The Morgan fingerprint density at radius 3 is 2.38 bits per heavy atom. The highest BCUT2D eigenvalue weighted by atomic mass is 35.5. The zero-order valence-electron chi connectivity index (χ0n) is 13.6. The van der Waals surface area contributed by atoms with Crippen LogP contribution in [0.5, 0.6) is 5.75 Å². The molecule has 1 aliphatic rings. The zero-order chi connectivity index (χ0) is 16.9. The van der Waals surface area contributed by atoms with E-state index in [4.69, 9.17) is 16.3 Å². The summed E-state index contributed by atoms with van der Waals surface area (Å²) in [6.45, 7) is 3.83. The quantitative estimate of drug-likeness (QED) is 0.777. The number of aryl methyl sites for hydroxylation is 1. The van der Waals surface area contributed by atoms with Crippen LogP contribution in [0.2, 0.25) is 0 Å². The minimum absolute atomic E-state index is 0.161. The second kappa shape index (κ2) is 7.62. The van der Waals surface area contributed by atoms with Crippen molar-refractivity contribution >= 4 is 22.8 Å². The molecule has 0 aliphatic carbocycles. The van der Waals surface area contributed by atoms with E-state index in [-0.39, 0.29) is 6.10 Å². The van der Waals surface area contributed by atoms with Gasteiger partial charge in [-0.1, -0.05) is 6.92 Å². The Kier molecular flexibility index (Phi) is 5.30. The number of aromatic nitrogens is 2. The molecule has 1 aromatic heterocycles. The van der Waals surface area contributed by atoms with E-state index in [1.165, 1.54) is 0 Å². The summed E-state index contributed by atoms with van der Waals surface area (Å²) < 4.78 is 5.99. The van der Waals surface area contributed by atoms with Gasteiger partial charge < -0.3 is 9.64 Å². The van der Waals surface area contributed by atoms with Crippen LogP contribution in [0.15, 0.2) is 36.7 Å². The lowest BCUT2D eigenvalue weighted by Gasteiger charge is -2.32. The van der Waals surface area contributed by atoms with Crippen LogP contribution >= 0.6 is 11.6 Å². The highest BCUT2D eigenvalue weighted by Crippen LogP contribution is 2.22. The summed E-state index contributed by atoms with van der Waals surface area (Å²) in [6, 6.07) is 6.94. The molecule has 0 saturated carbocycles. The number of carbonyl (C=O) groups is 1. The topological polar surface area (TPSA) is 55.3 Å². The van der Waals surface area contributed by atoms with Gasteiger partial charge in [0.25, 0.3) is 5.24 Å². The third-order valence-corrected chi connectivity index (χ3v) is 4.43. The van der Waals surface area contributed by atoms with Gasteiger partial charge in [0.2, 0.25) is 5.95 Å². The molecule has 0 radical (unpaired) electrons. The summed E-state index contributed by atoms with van der Waals surface area (Å²) in [4.78, 5) is 22.1. The number of anilines is 1. The number of ether oxygens (including phenoxy) is 1. The fourth-order valence-corrected chi connectivity index (χ4v) is 2.85. The van der Waals surface area contributed by atoms with Crippen LogP contribution in [-0.2, 0) is 6.42 Å². The maximum atomic E-state index is 11.1. The molecule has 1 aliphatic heterocycles. The van der Waals surface area contributed by atoms with E-state index in [0.717, 1.165) is 49.6 Å². The Bertz CT molecular complexity index is 680. The third-order valence-electron chi connectivity index (χ3n) is 4.21. The molecule has 0 spiro atoms. The van der Waals surface area contributed by atoms with Crippen molar-refractivity contribution in [1.29, 1.82) is 0 Å². The van der Waals surface area contributed by atoms with Crippen molar-refractivity contribution in [1.82, 2.24) is 9.97 Å². The van der Waals surface area contributed by atoms with E-state index in [1.807, 2.05) is 12.4 Å². The first-order chi connectivity index (χ1) is 11.7. The molecule has 5 nitrogen and oxygen atoms in total. The summed E-state index contributed by atoms with van der Waals surface area (Å²) in [6.07, 6.45) is 6.72. The van der Waals surface area contributed by atoms with Gasteiger partial charge in [-0.2, -0.15) is 0 Å². The second-order valence-corrected chi connectivity index (χ2v) is 6.19. The second-order valence-electron chi connectivity index (χ2n) is 5.85. The predicted molar refractivity (Wildman–Crippen MR) is 93.9 cm³/mol. The number of hydrogen-bond acceptors (Lipinski definition) is 5. The van der Waals surface area contributed by atoms with Crippen LogP contribution in [0, 0.1) is 0 Å². The van der Waals surface area contributed by atoms with Gasteiger partial charge >= 0.3 is 0 Å². The molecule has 2 heterocycles. The lowest BCUT2D eigenvalue weighted by Crippen LogP contribution is -2.39. The highest BCUT2D eigenvalue weighted by Gasteiger charge is 2.22. The Morgan fingerprint density at radius 1 is 1.21 bits per heavy atom. The van der Waals surface area contributed by atoms with Crippen LogP contribution in [0.4, 0.5) is 5.95 Å². The van der Waals surface area contributed by atoms with Crippen LogP contribution in [0.25, 0.3) is 0 Å². The number of benzene rings is 1. The molecule has 0 unspecified atom stereocenters. The lowest BCUT2D eigenvalue weighted by molar-refractivity contribution is 0.108. The van der Waals surface area contributed by atoms with Gasteiger partial charge in [0.1, 0.15) is 11.9 Å². The average Bonchev–Trinajstić information content (AvgIpc) is 2.63. The van der Waals surface area contributed by atoms with Gasteiger partial charge in [-0.3, -0.25) is 4.79 Å². The van der Waals surface area contributed by atoms with Gasteiger partial charge in [0.15, 0.2) is 0 Å². The predicted octanol–water partition coefficient (Wildman–Crippen LogP) is 3.47. The van der Waals surface area contributed by atoms with E-state index < -0.39 is 5.24 Å². The maximum Gasteiger partial charge on any atom is 0.252 e. The molecule has 2 aromatic rings. The summed E-state index contributed by atoms with van der Waals surface area (Å²) in [5, 5.41) is -0.455. The van der Waals surface area contributed by atoms with Gasteiger partial charge in [-0.05, 0) is 47.9 Å². The number of rotatable bonds is 5. The fourth-order valence-electron chi connectivity index (χ4n) is 2.72. The normalized spacial score (nSPS) is 15.3. The van der Waals surface area contributed by atoms with Gasteiger partial charge in [0, 0.05) is 43.9 Å². The highest BCUT2D eigenvalue weighted by molar-refractivity contribution is 6.67. The summed E-state index contributed by atoms with van der Waals surface area (Å²) in [7, 11) is 0. The van der Waals surface area contributed by atoms with Crippen molar-refractivity contribution in [2.75, 3.05) is 18.0 Å². The van der Waals surface area contributed by atoms with Crippen molar-refractivity contribution in [3.8, 4) is 5.75 Å². The number of halogens is 1. The molecular formula is C18H20ClN3O2. The Balaban J connectivity index is 1.53. The summed E-state index contributed by atoms with van der Waals surface area (Å²) in [5.41, 5.74) is 1.63. The van der Waals surface area contributed by atoms with Crippen LogP contribution in [0.3, 0.4) is 0 Å². The number of piperidine rings is 1. The van der Waals surface area contributed by atoms with Gasteiger partial charge in [0.05, 0.1) is 0 Å². The molecule has 6 heteroatoms. The van der Waals surface area contributed by atoms with Crippen LogP contribution in [-0.4, -0.2) is 34.4 Å². The van der Waals surface area contributed by atoms with E-state index in [9.17, 15) is 4.79 Å². The average molecular weight is 346 g/mol. The SMILES string of the molecule is CCc1cnc(N2CCC(Oc3ccc(C(=O)Cl)cc3)CC2)nc1. The van der Waals surface area contributed by atoms with Crippen molar-refractivity contribution in [2.24, 2.45) is 0 Å². The van der Waals surface area contributed by atoms with E-state index >= 15 is 0 Å². The third kappa shape index (κ3) is 4.03. The van der Waals surface area contributed by atoms with Gasteiger partial charge in [-0.15, -0.1) is 0 Å². The van der Waals surface area contributed by atoms with E-state index in [2.05, 4.69) is 21.8 Å². The van der Waals surface area contributed by atoms with Crippen molar-refractivity contribution in [3.05, 3.63) is 47.8 Å². The molecular weight excluding hydrogens is 326 g/mol. The summed E-state index contributed by atoms with van der Waals surface area (Å²) in [5.74, 6) is 1.55. The Hall–Kier alpha value is -2.14. The molecule has 1 saturated heterocycles. The molecule has 0 bridgehead atoms. The smallest absolute Gasteiger partial charge is 0.252 e. The minimum Gasteiger partial charge on any atom is -0.490 e. The molecule has 1 aromatic carbocycles. The Morgan fingerprint density at radius 2 is 1.83 bits per heavy atom. The zero-order valence-corrected chi connectivity index (χ0v) is 14.4. The van der Waals surface area contributed by atoms with Crippen LogP contribution < -0.4 is 9.64 Å². The maximum absolute atomic E-state index is 11.1. The van der Waals surface area contributed by atoms with Crippen LogP contribution in [0.1, 0.15) is 35.7 Å². The molecule has 0 N–H and O–H groups in total. The molecule has 126 valence electrons. The minimum atomic E-state index is -0.455. The fraction of sp³-hybridized carbons (Fsp3) is 0.389. The molecule has 1 fully saturated rings. The number of hydrogen-bond donors (Lipinski definition) is 0. The van der Waals surface area contributed by atoms with Gasteiger partial charge in [-0.25, -0.2) is 9.97 Å². The van der Waals surface area contributed by atoms with Crippen molar-refractivity contribution < 1.29 is 9.53 Å². The van der Waals surface area contributed by atoms with E-state index in [1.54, 1.807) is 24.3 Å². The first-order valence-corrected chi connectivity index (χ1v) is 8.56. The molecule has 24 heavy (non-hydrogen) atoms. The standard InChI is InChI=1S/C18H20ClN3O2/c1-2-13-11-20-18(21-12-13)22-9-7-16(8-10-22)24-15-5-3-14(4-6-15)17(19)23/h3-6,11-12,16H,2,7-10H2,1H3. The van der Waals surface area contributed by atoms with Crippen molar-refractivity contribution in [3.63, 3.8) is 0 Å². The summed E-state index contributed by atoms with van der Waals surface area (Å²) >= 11 is 5.44. The number of nitrogens with zero attached hydrogens (tertiary/aromatic N) is 3. The first kappa shape index (κ1) is 16.7. The Labute approximate surface area is 146 Å².